The van der Waals surface area contributed by atoms with Gasteiger partial charge in [-0.3, -0.25) is 4.79 Å². The third kappa shape index (κ3) is 6.14. The van der Waals surface area contributed by atoms with Crippen molar-refractivity contribution in [2.24, 2.45) is 0 Å². The van der Waals surface area contributed by atoms with Gasteiger partial charge in [0.2, 0.25) is 5.91 Å². The lowest BCUT2D eigenvalue weighted by Gasteiger charge is -2.09. The van der Waals surface area contributed by atoms with Crippen LogP contribution in [0.2, 0.25) is 10.0 Å². The van der Waals surface area contributed by atoms with Crippen molar-refractivity contribution in [2.45, 2.75) is 30.1 Å². The molecule has 0 saturated heterocycles. The minimum atomic E-state index is -0.465. The molecule has 0 bridgehead atoms. The van der Waals surface area contributed by atoms with Crippen molar-refractivity contribution in [3.63, 3.8) is 0 Å². The smallest absolute Gasteiger partial charge is 0.234 e. The Morgan fingerprint density at radius 2 is 1.97 bits per heavy atom. The lowest BCUT2D eigenvalue weighted by Crippen LogP contribution is -2.15. The van der Waals surface area contributed by atoms with E-state index in [1.54, 1.807) is 30.0 Å². The number of benzene rings is 2. The van der Waals surface area contributed by atoms with Gasteiger partial charge in [0.15, 0.2) is 5.16 Å². The van der Waals surface area contributed by atoms with Crippen LogP contribution in [0, 0.1) is 5.82 Å². The Bertz CT molecular complexity index is 1030. The van der Waals surface area contributed by atoms with Crippen LogP contribution in [0.3, 0.4) is 0 Å². The molecular formula is C20H19Cl2FN4OS2. The van der Waals surface area contributed by atoms with E-state index in [1.165, 1.54) is 23.9 Å². The van der Waals surface area contributed by atoms with Crippen LogP contribution < -0.4 is 5.32 Å². The maximum Gasteiger partial charge on any atom is 0.234 e. The van der Waals surface area contributed by atoms with E-state index in [2.05, 4.69) is 15.5 Å². The summed E-state index contributed by atoms with van der Waals surface area (Å²) in [6.45, 7) is 2.68. The van der Waals surface area contributed by atoms with Gasteiger partial charge in [0.25, 0.3) is 0 Å². The molecule has 0 atom stereocenters. The first-order valence-corrected chi connectivity index (χ1v) is 12.0. The van der Waals surface area contributed by atoms with Gasteiger partial charge in [-0.25, -0.2) is 4.39 Å². The van der Waals surface area contributed by atoms with E-state index >= 15 is 0 Å². The van der Waals surface area contributed by atoms with Crippen LogP contribution in [0.4, 0.5) is 10.1 Å². The van der Waals surface area contributed by atoms with Crippen molar-refractivity contribution in [1.29, 1.82) is 0 Å². The Kier molecular flexibility index (Phi) is 8.44. The van der Waals surface area contributed by atoms with Crippen LogP contribution in [-0.4, -0.2) is 26.4 Å². The molecule has 0 saturated carbocycles. The number of rotatable bonds is 9. The molecule has 0 aliphatic carbocycles. The topological polar surface area (TPSA) is 59.8 Å². The van der Waals surface area contributed by atoms with E-state index in [0.29, 0.717) is 27.5 Å². The molecule has 5 nitrogen and oxygen atoms in total. The number of thioether (sulfide) groups is 2. The Hall–Kier alpha value is -1.74. The monoisotopic (exact) mass is 484 g/mol. The fraction of sp³-hybridized carbons (Fsp3) is 0.250. The molecule has 0 aliphatic rings. The fourth-order valence-corrected chi connectivity index (χ4v) is 4.97. The molecule has 2 aromatic carbocycles. The molecule has 1 N–H and O–H groups in total. The average molecular weight is 485 g/mol. The molecule has 0 fully saturated rings. The molecule has 10 heteroatoms. The summed E-state index contributed by atoms with van der Waals surface area (Å²) in [7, 11) is 0. The van der Waals surface area contributed by atoms with Crippen molar-refractivity contribution in [2.75, 3.05) is 11.1 Å². The van der Waals surface area contributed by atoms with Crippen LogP contribution in [0.5, 0.6) is 0 Å². The molecule has 0 spiro atoms. The summed E-state index contributed by atoms with van der Waals surface area (Å²) in [5.74, 6) is 1.54. The molecule has 1 heterocycles. The summed E-state index contributed by atoms with van der Waals surface area (Å²) in [6, 6.07) is 11.5. The van der Waals surface area contributed by atoms with Crippen molar-refractivity contribution in [3.8, 4) is 0 Å². The van der Waals surface area contributed by atoms with Crippen LogP contribution in [0.1, 0.15) is 18.3 Å². The zero-order valence-electron chi connectivity index (χ0n) is 16.1. The number of hydrogen-bond donors (Lipinski definition) is 1. The molecule has 3 rings (SSSR count). The van der Waals surface area contributed by atoms with E-state index in [-0.39, 0.29) is 17.3 Å². The number of carbonyl (C=O) groups is 1. The Morgan fingerprint density at radius 3 is 2.70 bits per heavy atom. The Balaban J connectivity index is 1.54. The summed E-state index contributed by atoms with van der Waals surface area (Å²) in [6.07, 6.45) is 0. The van der Waals surface area contributed by atoms with Gasteiger partial charge in [-0.05, 0) is 36.8 Å². The van der Waals surface area contributed by atoms with E-state index in [1.807, 2.05) is 23.6 Å². The first kappa shape index (κ1) is 22.9. The SMILES string of the molecule is CCn1c(CSCc2ccc(Cl)cc2Cl)nnc1SCC(=O)Nc1ccccc1F. The van der Waals surface area contributed by atoms with Crippen molar-refractivity contribution in [1.82, 2.24) is 14.8 Å². The minimum Gasteiger partial charge on any atom is -0.323 e. The summed E-state index contributed by atoms with van der Waals surface area (Å²) in [5.41, 5.74) is 1.17. The molecule has 158 valence electrons. The van der Waals surface area contributed by atoms with Crippen LogP contribution in [0.15, 0.2) is 47.6 Å². The van der Waals surface area contributed by atoms with Gasteiger partial charge in [0.05, 0.1) is 17.2 Å². The number of hydrogen-bond acceptors (Lipinski definition) is 5. The van der Waals surface area contributed by atoms with E-state index in [9.17, 15) is 9.18 Å². The van der Waals surface area contributed by atoms with Gasteiger partial charge < -0.3 is 9.88 Å². The largest absolute Gasteiger partial charge is 0.323 e. The van der Waals surface area contributed by atoms with Crippen LogP contribution in [0.25, 0.3) is 0 Å². The second-order valence-electron chi connectivity index (χ2n) is 6.19. The molecule has 0 radical (unpaired) electrons. The second kappa shape index (κ2) is 11.0. The fourth-order valence-electron chi connectivity index (χ4n) is 2.62. The van der Waals surface area contributed by atoms with Gasteiger partial charge in [-0.15, -0.1) is 22.0 Å². The molecule has 1 amide bonds. The van der Waals surface area contributed by atoms with Crippen molar-refractivity contribution >= 4 is 58.3 Å². The van der Waals surface area contributed by atoms with Crippen LogP contribution in [-0.2, 0) is 22.8 Å². The third-order valence-corrected chi connectivity index (χ3v) is 6.62. The zero-order valence-corrected chi connectivity index (χ0v) is 19.2. The zero-order chi connectivity index (χ0) is 21.5. The summed E-state index contributed by atoms with van der Waals surface area (Å²) in [5, 5.41) is 12.9. The molecular weight excluding hydrogens is 466 g/mol. The van der Waals surface area contributed by atoms with Crippen molar-refractivity contribution in [3.05, 3.63) is 69.7 Å². The third-order valence-electron chi connectivity index (χ3n) is 4.09. The normalized spacial score (nSPS) is 10.9. The quantitative estimate of drug-likeness (QED) is 0.382. The molecule has 30 heavy (non-hydrogen) atoms. The van der Waals surface area contributed by atoms with Crippen LogP contribution >= 0.6 is 46.7 Å². The van der Waals surface area contributed by atoms with Gasteiger partial charge >= 0.3 is 0 Å². The number of anilines is 1. The highest BCUT2D eigenvalue weighted by Crippen LogP contribution is 2.27. The van der Waals surface area contributed by atoms with Gasteiger partial charge in [-0.1, -0.05) is 53.2 Å². The highest BCUT2D eigenvalue weighted by molar-refractivity contribution is 7.99. The maximum absolute atomic E-state index is 13.7. The lowest BCUT2D eigenvalue weighted by atomic mass is 10.2. The number of para-hydroxylation sites is 1. The summed E-state index contributed by atoms with van der Waals surface area (Å²) < 4.78 is 15.6. The molecule has 0 unspecified atom stereocenters. The first-order chi connectivity index (χ1) is 14.5. The predicted octanol–water partition coefficient (Wildman–Crippen LogP) is 5.91. The predicted molar refractivity (Wildman–Crippen MR) is 123 cm³/mol. The van der Waals surface area contributed by atoms with Gasteiger partial charge in [0, 0.05) is 22.3 Å². The van der Waals surface area contributed by atoms with Gasteiger partial charge in [-0.2, -0.15) is 0 Å². The number of amides is 1. The van der Waals surface area contributed by atoms with E-state index in [0.717, 1.165) is 17.1 Å². The average Bonchev–Trinajstić information content (AvgIpc) is 3.11. The lowest BCUT2D eigenvalue weighted by molar-refractivity contribution is -0.113. The van der Waals surface area contributed by atoms with E-state index in [4.69, 9.17) is 23.2 Å². The number of halogens is 3. The second-order valence-corrected chi connectivity index (χ2v) is 8.96. The Labute approximate surface area is 192 Å². The number of nitrogens with one attached hydrogen (secondary N) is 1. The molecule has 0 aliphatic heterocycles. The minimum absolute atomic E-state index is 0.111. The Morgan fingerprint density at radius 1 is 1.17 bits per heavy atom. The summed E-state index contributed by atoms with van der Waals surface area (Å²) in [4.78, 5) is 12.1. The highest BCUT2D eigenvalue weighted by atomic mass is 35.5. The van der Waals surface area contributed by atoms with Crippen molar-refractivity contribution < 1.29 is 9.18 Å². The van der Waals surface area contributed by atoms with Gasteiger partial charge in [0.1, 0.15) is 11.6 Å². The number of carbonyl (C=O) groups excluding carboxylic acids is 1. The summed E-state index contributed by atoms with van der Waals surface area (Å²) >= 11 is 15.1. The first-order valence-electron chi connectivity index (χ1n) is 9.09. The number of aromatic nitrogens is 3. The van der Waals surface area contributed by atoms with E-state index < -0.39 is 5.82 Å². The standard InChI is InChI=1S/C20H19Cl2FN4OS2/c1-2-27-18(11-29-10-13-7-8-14(21)9-15(13)22)25-26-20(27)30-12-19(28)24-17-6-4-3-5-16(17)23/h3-9H,2,10-12H2,1H3,(H,24,28). The number of nitrogens with zero attached hydrogens (tertiary/aromatic N) is 3. The molecule has 3 aromatic rings. The maximum atomic E-state index is 13.7. The molecule has 1 aromatic heterocycles. The highest BCUT2D eigenvalue weighted by Gasteiger charge is 2.14.